The van der Waals surface area contributed by atoms with Crippen LogP contribution in [0.5, 0.6) is 0 Å². The first-order valence-electron chi connectivity index (χ1n) is 9.96. The number of carbonyl (C=O) groups excluding carboxylic acids is 1. The molecule has 1 saturated heterocycles. The van der Waals surface area contributed by atoms with Gasteiger partial charge >= 0.3 is 0 Å². The summed E-state index contributed by atoms with van der Waals surface area (Å²) in [6, 6.07) is 9.30. The Bertz CT molecular complexity index is 1160. The number of fused-ring (bicyclic) bond motifs is 1. The Kier molecular flexibility index (Phi) is 5.62. The number of hydrogen-bond donors (Lipinski definition) is 0. The molecule has 1 atom stereocenters. The van der Waals surface area contributed by atoms with E-state index in [0.29, 0.717) is 30.7 Å². The molecule has 3 heterocycles. The highest BCUT2D eigenvalue weighted by molar-refractivity contribution is 5.92. The van der Waals surface area contributed by atoms with Crippen molar-refractivity contribution in [1.29, 1.82) is 0 Å². The van der Waals surface area contributed by atoms with E-state index in [1.807, 2.05) is 14.1 Å². The second kappa shape index (κ2) is 8.37. The van der Waals surface area contributed by atoms with Crippen LogP contribution in [0, 0.1) is 0 Å². The Hall–Kier alpha value is -3.43. The molecule has 8 nitrogen and oxygen atoms in total. The Labute approximate surface area is 177 Å². The summed E-state index contributed by atoms with van der Waals surface area (Å²) in [7, 11) is 3.63. The zero-order chi connectivity index (χ0) is 22.1. The molecule has 0 N–H and O–H groups in total. The fourth-order valence-corrected chi connectivity index (χ4v) is 3.86. The van der Waals surface area contributed by atoms with Gasteiger partial charge in [0.05, 0.1) is 23.5 Å². The van der Waals surface area contributed by atoms with Gasteiger partial charge in [0, 0.05) is 20.6 Å². The van der Waals surface area contributed by atoms with Crippen LogP contribution in [-0.2, 0) is 6.54 Å². The van der Waals surface area contributed by atoms with Crippen molar-refractivity contribution < 1.29 is 13.6 Å². The molecule has 1 amide bonds. The minimum Gasteiger partial charge on any atom is -0.361 e. The number of aromatic nitrogens is 4. The van der Waals surface area contributed by atoms with E-state index in [1.165, 1.54) is 4.90 Å². The number of amides is 1. The van der Waals surface area contributed by atoms with Gasteiger partial charge in [0.1, 0.15) is 5.82 Å². The summed E-state index contributed by atoms with van der Waals surface area (Å²) in [4.78, 5) is 33.9. The lowest BCUT2D eigenvalue weighted by Crippen LogP contribution is -2.37. The van der Waals surface area contributed by atoms with Gasteiger partial charge in [-0.3, -0.25) is 14.2 Å². The third-order valence-electron chi connectivity index (χ3n) is 5.35. The average Bonchev–Trinajstić information content (AvgIpc) is 3.24. The molecule has 1 unspecified atom stereocenters. The molecule has 0 saturated carbocycles. The number of anilines is 1. The lowest BCUT2D eigenvalue weighted by molar-refractivity contribution is 0.0713. The second-order valence-corrected chi connectivity index (χ2v) is 7.62. The molecule has 1 fully saturated rings. The van der Waals surface area contributed by atoms with Crippen LogP contribution in [0.15, 0.2) is 41.2 Å². The number of rotatable bonds is 5. The number of halogens is 2. The van der Waals surface area contributed by atoms with E-state index >= 15 is 0 Å². The van der Waals surface area contributed by atoms with E-state index in [-0.39, 0.29) is 22.8 Å². The van der Waals surface area contributed by atoms with Gasteiger partial charge < -0.3 is 9.80 Å². The van der Waals surface area contributed by atoms with E-state index in [2.05, 4.69) is 15.2 Å². The van der Waals surface area contributed by atoms with Crippen LogP contribution in [-0.4, -0.2) is 57.6 Å². The number of hydrogen-bond acceptors (Lipinski definition) is 6. The first-order valence-corrected chi connectivity index (χ1v) is 9.96. The molecular formula is C21H22F2N6O2. The zero-order valence-electron chi connectivity index (χ0n) is 17.2. The van der Waals surface area contributed by atoms with Gasteiger partial charge in [-0.25, -0.2) is 13.8 Å². The number of likely N-dealkylation sites (tertiary alicyclic amines) is 1. The topological polar surface area (TPSA) is 84.2 Å². The van der Waals surface area contributed by atoms with E-state index < -0.39 is 24.6 Å². The Balaban J connectivity index is 1.75. The van der Waals surface area contributed by atoms with E-state index in [0.717, 1.165) is 4.57 Å². The fourth-order valence-electron chi connectivity index (χ4n) is 3.86. The van der Waals surface area contributed by atoms with Crippen molar-refractivity contribution in [3.05, 3.63) is 58.3 Å². The van der Waals surface area contributed by atoms with E-state index in [1.54, 1.807) is 41.3 Å². The molecule has 2 aromatic heterocycles. The van der Waals surface area contributed by atoms with Crippen molar-refractivity contribution in [1.82, 2.24) is 24.6 Å². The summed E-state index contributed by atoms with van der Waals surface area (Å²) >= 11 is 0. The Morgan fingerprint density at radius 2 is 1.97 bits per heavy atom. The maximum Gasteiger partial charge on any atom is 0.274 e. The van der Waals surface area contributed by atoms with Crippen molar-refractivity contribution in [3.63, 3.8) is 0 Å². The minimum atomic E-state index is -2.73. The molecule has 3 aromatic rings. The smallest absolute Gasteiger partial charge is 0.274 e. The molecular weight excluding hydrogens is 406 g/mol. The molecule has 162 valence electrons. The number of benzene rings is 1. The molecule has 4 rings (SSSR count). The maximum absolute atomic E-state index is 13.3. The average molecular weight is 428 g/mol. The van der Waals surface area contributed by atoms with Crippen molar-refractivity contribution >= 4 is 22.6 Å². The molecule has 0 spiro atoms. The number of para-hydroxylation sites is 1. The van der Waals surface area contributed by atoms with Gasteiger partial charge in [0.2, 0.25) is 0 Å². The Morgan fingerprint density at radius 1 is 1.19 bits per heavy atom. The van der Waals surface area contributed by atoms with Gasteiger partial charge in [-0.15, -0.1) is 10.2 Å². The molecule has 0 aliphatic carbocycles. The van der Waals surface area contributed by atoms with Crippen LogP contribution < -0.4 is 10.5 Å². The highest BCUT2D eigenvalue weighted by Crippen LogP contribution is 2.32. The van der Waals surface area contributed by atoms with Crippen LogP contribution in [0.4, 0.5) is 14.6 Å². The zero-order valence-corrected chi connectivity index (χ0v) is 17.2. The lowest BCUT2D eigenvalue weighted by atomic mass is 10.1. The van der Waals surface area contributed by atoms with Crippen LogP contribution in [0.1, 0.15) is 35.2 Å². The first kappa shape index (κ1) is 20.8. The van der Waals surface area contributed by atoms with Gasteiger partial charge in [-0.2, -0.15) is 0 Å². The molecule has 1 aromatic carbocycles. The van der Waals surface area contributed by atoms with Crippen molar-refractivity contribution in [2.24, 2.45) is 0 Å². The predicted molar refractivity (Wildman–Crippen MR) is 111 cm³/mol. The molecule has 0 bridgehead atoms. The van der Waals surface area contributed by atoms with Crippen molar-refractivity contribution in [3.8, 4) is 0 Å². The minimum absolute atomic E-state index is 0.154. The maximum atomic E-state index is 13.3. The van der Waals surface area contributed by atoms with Crippen molar-refractivity contribution in [2.45, 2.75) is 31.9 Å². The summed E-state index contributed by atoms with van der Waals surface area (Å²) < 4.78 is 27.6. The normalized spacial score (nSPS) is 16.3. The van der Waals surface area contributed by atoms with E-state index in [4.69, 9.17) is 0 Å². The van der Waals surface area contributed by atoms with E-state index in [9.17, 15) is 18.4 Å². The third-order valence-corrected chi connectivity index (χ3v) is 5.35. The summed E-state index contributed by atoms with van der Waals surface area (Å²) in [6.45, 7) is -0.361. The molecule has 31 heavy (non-hydrogen) atoms. The Morgan fingerprint density at radius 3 is 2.65 bits per heavy atom. The summed E-state index contributed by atoms with van der Waals surface area (Å²) in [6.07, 6.45) is -1.55. The summed E-state index contributed by atoms with van der Waals surface area (Å²) in [5.74, 6) is 0.413. The van der Waals surface area contributed by atoms with Crippen LogP contribution in [0.2, 0.25) is 0 Å². The molecule has 10 heteroatoms. The third kappa shape index (κ3) is 3.97. The molecule has 1 aliphatic heterocycles. The molecule has 1 aliphatic rings. The predicted octanol–water partition coefficient (Wildman–Crippen LogP) is 2.49. The van der Waals surface area contributed by atoms with Gasteiger partial charge in [-0.1, -0.05) is 12.1 Å². The second-order valence-electron chi connectivity index (χ2n) is 7.62. The van der Waals surface area contributed by atoms with Gasteiger partial charge in [-0.05, 0) is 37.1 Å². The standard InChI is InChI=1S/C21H22F2N6O2/c1-27(2)18-10-9-15(25-26-18)21(31)28-11-5-8-16(28)19-24-14-7-4-3-6-13(14)20(30)29(19)12-17(22)23/h3-4,6-7,9-10,16-17H,5,8,11-12H2,1-2H3. The number of nitrogens with zero attached hydrogens (tertiary/aromatic N) is 6. The summed E-state index contributed by atoms with van der Waals surface area (Å²) in [5.41, 5.74) is 0.0406. The lowest BCUT2D eigenvalue weighted by Gasteiger charge is -2.26. The molecule has 0 radical (unpaired) electrons. The number of alkyl halides is 2. The highest BCUT2D eigenvalue weighted by Gasteiger charge is 2.35. The SMILES string of the molecule is CN(C)c1ccc(C(=O)N2CCCC2c2nc3ccccc3c(=O)n2CC(F)F)nn1. The quantitative estimate of drug-likeness (QED) is 0.621. The van der Waals surface area contributed by atoms with Crippen LogP contribution in [0.3, 0.4) is 0 Å². The fraction of sp³-hybridized carbons (Fsp3) is 0.381. The van der Waals surface area contributed by atoms with Crippen LogP contribution >= 0.6 is 0 Å². The monoisotopic (exact) mass is 428 g/mol. The van der Waals surface area contributed by atoms with Gasteiger partial charge in [0.25, 0.3) is 17.9 Å². The first-order chi connectivity index (χ1) is 14.9. The van der Waals surface area contributed by atoms with Crippen molar-refractivity contribution in [2.75, 3.05) is 25.5 Å². The van der Waals surface area contributed by atoms with Crippen LogP contribution in [0.25, 0.3) is 10.9 Å². The highest BCUT2D eigenvalue weighted by atomic mass is 19.3. The number of carbonyl (C=O) groups is 1. The van der Waals surface area contributed by atoms with Gasteiger partial charge in [0.15, 0.2) is 11.5 Å². The largest absolute Gasteiger partial charge is 0.361 e. The summed E-state index contributed by atoms with van der Waals surface area (Å²) in [5, 5.41) is 8.33.